The number of carbonyl (C=O) groups is 1. The largest absolute Gasteiger partial charge is 0.462 e. The molecule has 2 atom stereocenters. The van der Waals surface area contributed by atoms with Gasteiger partial charge in [0.2, 0.25) is 0 Å². The van der Waals surface area contributed by atoms with Crippen LogP contribution in [0.25, 0.3) is 0 Å². The molecule has 1 N–H and O–H groups in total. The molecule has 3 aliphatic rings. The summed E-state index contributed by atoms with van der Waals surface area (Å²) in [6.07, 6.45) is 3.98. The average Bonchev–Trinajstić information content (AvgIpc) is 3.08. The van der Waals surface area contributed by atoms with Gasteiger partial charge in [0.1, 0.15) is 5.60 Å². The van der Waals surface area contributed by atoms with Crippen LogP contribution in [0, 0.1) is 5.41 Å². The highest BCUT2D eigenvalue weighted by Gasteiger charge is 2.71. The van der Waals surface area contributed by atoms with Gasteiger partial charge in [-0.05, 0) is 26.2 Å². The minimum atomic E-state index is -1.01. The standard InChI is InChI=1S/C16H22O5/c1-3-19-13(17)5-4-12-6-7-14(2)15(12,18)8-9-16(14)20-10-11-21-16/h5,18H,3,6-11H2,1-2H3/t4?,14-,15-/m0/s1. The molecule has 2 aliphatic carbocycles. The molecule has 116 valence electrons. The van der Waals surface area contributed by atoms with E-state index in [1.807, 2.05) is 6.92 Å². The summed E-state index contributed by atoms with van der Waals surface area (Å²) in [5, 5.41) is 11.2. The van der Waals surface area contributed by atoms with E-state index in [1.165, 1.54) is 6.08 Å². The molecule has 21 heavy (non-hydrogen) atoms. The summed E-state index contributed by atoms with van der Waals surface area (Å²) in [7, 11) is 0. The first-order valence-corrected chi connectivity index (χ1v) is 7.60. The van der Waals surface area contributed by atoms with E-state index in [1.54, 1.807) is 6.92 Å². The minimum Gasteiger partial charge on any atom is -0.462 e. The Balaban J connectivity index is 1.92. The van der Waals surface area contributed by atoms with Crippen LogP contribution in [0.2, 0.25) is 0 Å². The molecule has 5 nitrogen and oxygen atoms in total. The summed E-state index contributed by atoms with van der Waals surface area (Å²) in [5.74, 6) is -1.11. The van der Waals surface area contributed by atoms with Crippen LogP contribution in [0.3, 0.4) is 0 Å². The summed E-state index contributed by atoms with van der Waals surface area (Å²) in [6, 6.07) is 0. The number of aliphatic hydroxyl groups is 1. The minimum absolute atomic E-state index is 0.332. The zero-order valence-corrected chi connectivity index (χ0v) is 12.6. The van der Waals surface area contributed by atoms with E-state index in [-0.39, 0.29) is 0 Å². The maximum Gasteiger partial charge on any atom is 0.338 e. The van der Waals surface area contributed by atoms with Crippen LogP contribution in [0.15, 0.2) is 17.4 Å². The molecule has 1 aliphatic heterocycles. The Morgan fingerprint density at radius 1 is 1.38 bits per heavy atom. The molecule has 0 unspecified atom stereocenters. The molecule has 0 bridgehead atoms. The fraction of sp³-hybridized carbons (Fsp3) is 0.750. The summed E-state index contributed by atoms with van der Waals surface area (Å²) >= 11 is 0. The Kier molecular flexibility index (Phi) is 3.49. The van der Waals surface area contributed by atoms with Crippen LogP contribution in [0.5, 0.6) is 0 Å². The number of carbonyl (C=O) groups excluding carboxylic acids is 1. The van der Waals surface area contributed by atoms with E-state index in [9.17, 15) is 9.90 Å². The molecule has 0 amide bonds. The molecule has 0 aromatic heterocycles. The van der Waals surface area contributed by atoms with E-state index in [0.29, 0.717) is 39.1 Å². The average molecular weight is 294 g/mol. The van der Waals surface area contributed by atoms with Gasteiger partial charge in [-0.15, -0.1) is 5.73 Å². The van der Waals surface area contributed by atoms with Crippen LogP contribution in [-0.4, -0.2) is 42.3 Å². The molecule has 3 rings (SSSR count). The third kappa shape index (κ3) is 1.92. The van der Waals surface area contributed by atoms with Crippen molar-refractivity contribution in [2.24, 2.45) is 5.41 Å². The van der Waals surface area contributed by atoms with Crippen LogP contribution in [-0.2, 0) is 19.0 Å². The van der Waals surface area contributed by atoms with Gasteiger partial charge in [0.05, 0.1) is 31.3 Å². The lowest BCUT2D eigenvalue weighted by molar-refractivity contribution is -0.237. The predicted molar refractivity (Wildman–Crippen MR) is 74.4 cm³/mol. The van der Waals surface area contributed by atoms with Crippen LogP contribution < -0.4 is 0 Å². The van der Waals surface area contributed by atoms with Crippen molar-refractivity contribution in [1.29, 1.82) is 0 Å². The van der Waals surface area contributed by atoms with Gasteiger partial charge in [-0.25, -0.2) is 4.79 Å². The van der Waals surface area contributed by atoms with E-state index in [2.05, 4.69) is 5.73 Å². The molecule has 0 aromatic rings. The molecule has 3 fully saturated rings. The Hall–Kier alpha value is -1.13. The Labute approximate surface area is 124 Å². The van der Waals surface area contributed by atoms with Crippen molar-refractivity contribution in [2.45, 2.75) is 50.9 Å². The summed E-state index contributed by atoms with van der Waals surface area (Å²) < 4.78 is 16.6. The Morgan fingerprint density at radius 3 is 2.76 bits per heavy atom. The molecule has 1 heterocycles. The lowest BCUT2D eigenvalue weighted by Crippen LogP contribution is -2.51. The number of esters is 1. The van der Waals surface area contributed by atoms with E-state index < -0.39 is 22.8 Å². The van der Waals surface area contributed by atoms with Gasteiger partial charge in [-0.2, -0.15) is 0 Å². The van der Waals surface area contributed by atoms with Gasteiger partial charge in [0, 0.05) is 12.0 Å². The number of fused-ring (bicyclic) bond motifs is 2. The Morgan fingerprint density at radius 2 is 2.10 bits per heavy atom. The molecule has 1 saturated heterocycles. The van der Waals surface area contributed by atoms with Crippen LogP contribution in [0.4, 0.5) is 0 Å². The van der Waals surface area contributed by atoms with Crippen LogP contribution in [0.1, 0.15) is 39.5 Å². The fourth-order valence-corrected chi connectivity index (χ4v) is 4.11. The molecular formula is C16H22O5. The predicted octanol–water partition coefficient (Wildman–Crippen LogP) is 1.70. The second-order valence-corrected chi connectivity index (χ2v) is 6.16. The second-order valence-electron chi connectivity index (χ2n) is 6.16. The second kappa shape index (κ2) is 4.96. The first-order chi connectivity index (χ1) is 9.97. The van der Waals surface area contributed by atoms with Crippen molar-refractivity contribution in [3.63, 3.8) is 0 Å². The molecule has 0 aromatic carbocycles. The first-order valence-electron chi connectivity index (χ1n) is 7.60. The van der Waals surface area contributed by atoms with Gasteiger partial charge in [0.15, 0.2) is 5.79 Å². The zero-order valence-electron chi connectivity index (χ0n) is 12.6. The Bertz CT molecular complexity index is 513. The molecule has 2 saturated carbocycles. The SMILES string of the molecule is CCOC(=O)C=C=C1CC[C@]2(C)C3(CC[C@]12O)OCCO3. The van der Waals surface area contributed by atoms with E-state index >= 15 is 0 Å². The van der Waals surface area contributed by atoms with Crippen molar-refractivity contribution >= 4 is 5.97 Å². The molecule has 0 radical (unpaired) electrons. The number of ether oxygens (including phenoxy) is 3. The summed E-state index contributed by atoms with van der Waals surface area (Å²) in [5.41, 5.74) is 2.23. The normalized spacial score (nSPS) is 36.6. The highest BCUT2D eigenvalue weighted by molar-refractivity contribution is 5.81. The quantitative estimate of drug-likeness (QED) is 0.477. The smallest absolute Gasteiger partial charge is 0.338 e. The zero-order chi connectivity index (χ0) is 15.1. The van der Waals surface area contributed by atoms with Crippen molar-refractivity contribution in [2.75, 3.05) is 19.8 Å². The topological polar surface area (TPSA) is 65.0 Å². The third-order valence-electron chi connectivity index (χ3n) is 5.35. The van der Waals surface area contributed by atoms with Crippen molar-refractivity contribution in [3.8, 4) is 0 Å². The molecule has 5 heteroatoms. The maximum absolute atomic E-state index is 11.4. The van der Waals surface area contributed by atoms with Gasteiger partial charge in [0.25, 0.3) is 0 Å². The highest BCUT2D eigenvalue weighted by Crippen LogP contribution is 2.65. The third-order valence-corrected chi connectivity index (χ3v) is 5.35. The number of hydrogen-bond donors (Lipinski definition) is 1. The van der Waals surface area contributed by atoms with Crippen molar-refractivity contribution in [3.05, 3.63) is 17.4 Å². The molecule has 1 spiro atoms. The van der Waals surface area contributed by atoms with Gasteiger partial charge in [-0.1, -0.05) is 6.92 Å². The van der Waals surface area contributed by atoms with Crippen molar-refractivity contribution < 1.29 is 24.1 Å². The van der Waals surface area contributed by atoms with Crippen LogP contribution >= 0.6 is 0 Å². The lowest BCUT2D eigenvalue weighted by Gasteiger charge is -2.42. The number of rotatable bonds is 2. The monoisotopic (exact) mass is 294 g/mol. The lowest BCUT2D eigenvalue weighted by atomic mass is 9.74. The molecular weight excluding hydrogens is 272 g/mol. The van der Waals surface area contributed by atoms with Gasteiger partial charge >= 0.3 is 5.97 Å². The van der Waals surface area contributed by atoms with Gasteiger partial charge in [-0.3, -0.25) is 0 Å². The van der Waals surface area contributed by atoms with Crippen molar-refractivity contribution in [1.82, 2.24) is 0 Å². The first kappa shape index (κ1) is 14.8. The summed E-state index contributed by atoms with van der Waals surface area (Å²) in [6.45, 7) is 5.25. The number of hydrogen-bond acceptors (Lipinski definition) is 5. The fourth-order valence-electron chi connectivity index (χ4n) is 4.11. The van der Waals surface area contributed by atoms with E-state index in [0.717, 1.165) is 12.0 Å². The summed E-state index contributed by atoms with van der Waals surface area (Å²) in [4.78, 5) is 11.4. The van der Waals surface area contributed by atoms with E-state index in [4.69, 9.17) is 14.2 Å². The van der Waals surface area contributed by atoms with Gasteiger partial charge < -0.3 is 19.3 Å². The highest BCUT2D eigenvalue weighted by atomic mass is 16.7. The maximum atomic E-state index is 11.4.